The van der Waals surface area contributed by atoms with E-state index in [9.17, 15) is 9.59 Å². The van der Waals surface area contributed by atoms with Crippen LogP contribution in [-0.2, 0) is 14.3 Å². The third kappa shape index (κ3) is 1.95. The Balaban J connectivity index is 2.63. The molecule has 0 aliphatic carbocycles. The summed E-state index contributed by atoms with van der Waals surface area (Å²) in [6.45, 7) is 1.88. The molecule has 0 aromatic rings. The summed E-state index contributed by atoms with van der Waals surface area (Å²) in [5, 5.41) is 8.63. The Labute approximate surface area is 83.2 Å². The number of ketones is 1. The number of ether oxygens (including phenoxy) is 1. The fraction of sp³-hybridized carbons (Fsp3) is 0.800. The minimum Gasteiger partial charge on any atom is -0.465 e. The molecule has 4 nitrogen and oxygen atoms in total. The highest BCUT2D eigenvalue weighted by atomic mass is 16.5. The summed E-state index contributed by atoms with van der Waals surface area (Å²) in [6, 6.07) is 0. The minimum absolute atomic E-state index is 0.100. The maximum Gasteiger partial charge on any atom is 0.319 e. The Morgan fingerprint density at radius 1 is 1.57 bits per heavy atom. The van der Waals surface area contributed by atoms with Crippen molar-refractivity contribution in [2.45, 2.75) is 32.6 Å². The van der Waals surface area contributed by atoms with Crippen molar-refractivity contribution in [3.05, 3.63) is 0 Å². The summed E-state index contributed by atoms with van der Waals surface area (Å²) in [7, 11) is 0. The number of hydrogen-bond acceptors (Lipinski definition) is 4. The van der Waals surface area contributed by atoms with Crippen LogP contribution in [0.5, 0.6) is 0 Å². The van der Waals surface area contributed by atoms with Crippen molar-refractivity contribution >= 4 is 11.8 Å². The Morgan fingerprint density at radius 3 is 2.71 bits per heavy atom. The average Bonchev–Trinajstić information content (AvgIpc) is 2.49. The number of cyclic esters (lactones) is 1. The van der Waals surface area contributed by atoms with Gasteiger partial charge in [0.05, 0.1) is 6.61 Å². The predicted molar refractivity (Wildman–Crippen MR) is 49.6 cm³/mol. The molecule has 1 rings (SSSR count). The molecule has 1 saturated heterocycles. The molecular formula is C10H16O4. The fourth-order valence-electron chi connectivity index (χ4n) is 1.82. The van der Waals surface area contributed by atoms with Crippen LogP contribution in [0.25, 0.3) is 0 Å². The molecule has 1 aliphatic heterocycles. The molecule has 0 spiro atoms. The minimum atomic E-state index is -0.908. The van der Waals surface area contributed by atoms with E-state index in [1.54, 1.807) is 0 Å². The van der Waals surface area contributed by atoms with Gasteiger partial charge >= 0.3 is 5.97 Å². The van der Waals surface area contributed by atoms with E-state index in [4.69, 9.17) is 9.84 Å². The van der Waals surface area contributed by atoms with Crippen LogP contribution in [0.15, 0.2) is 0 Å². The summed E-state index contributed by atoms with van der Waals surface area (Å²) < 4.78 is 4.84. The Bertz CT molecular complexity index is 236. The van der Waals surface area contributed by atoms with Gasteiger partial charge in [0.2, 0.25) is 0 Å². The van der Waals surface area contributed by atoms with Gasteiger partial charge in [-0.2, -0.15) is 0 Å². The molecule has 1 heterocycles. The molecule has 0 bridgehead atoms. The van der Waals surface area contributed by atoms with Crippen LogP contribution in [0, 0.1) is 5.41 Å². The highest BCUT2D eigenvalue weighted by Crippen LogP contribution is 2.36. The molecule has 0 saturated carbocycles. The average molecular weight is 200 g/mol. The molecule has 1 N–H and O–H groups in total. The van der Waals surface area contributed by atoms with E-state index < -0.39 is 5.41 Å². The number of rotatable bonds is 5. The lowest BCUT2D eigenvalue weighted by molar-refractivity contribution is -0.151. The summed E-state index contributed by atoms with van der Waals surface area (Å²) in [6.07, 6.45) is 2.31. The molecule has 14 heavy (non-hydrogen) atoms. The van der Waals surface area contributed by atoms with Gasteiger partial charge in [-0.05, 0) is 26.2 Å². The first-order valence-corrected chi connectivity index (χ1v) is 4.92. The zero-order valence-electron chi connectivity index (χ0n) is 8.41. The summed E-state index contributed by atoms with van der Waals surface area (Å²) in [5.41, 5.74) is -0.908. The van der Waals surface area contributed by atoms with E-state index in [-0.39, 0.29) is 18.4 Å². The zero-order chi connectivity index (χ0) is 10.6. The van der Waals surface area contributed by atoms with Gasteiger partial charge in [-0.3, -0.25) is 9.59 Å². The monoisotopic (exact) mass is 200 g/mol. The molecule has 1 fully saturated rings. The zero-order valence-corrected chi connectivity index (χ0v) is 8.41. The highest BCUT2D eigenvalue weighted by Gasteiger charge is 2.47. The summed E-state index contributed by atoms with van der Waals surface area (Å²) in [5.74, 6) is -0.499. The molecule has 4 heteroatoms. The molecule has 1 aliphatic rings. The molecule has 0 radical (unpaired) electrons. The van der Waals surface area contributed by atoms with Crippen molar-refractivity contribution < 1.29 is 19.4 Å². The predicted octanol–water partition coefficient (Wildman–Crippen LogP) is 0.671. The summed E-state index contributed by atoms with van der Waals surface area (Å²) in [4.78, 5) is 22.8. The Kier molecular flexibility index (Phi) is 3.63. The van der Waals surface area contributed by atoms with Crippen LogP contribution >= 0.6 is 0 Å². The van der Waals surface area contributed by atoms with Crippen molar-refractivity contribution in [2.75, 3.05) is 13.2 Å². The number of unbranched alkanes of at least 4 members (excludes halogenated alkanes) is 1. The number of aliphatic hydroxyl groups excluding tert-OH is 1. The molecule has 0 aromatic carbocycles. The van der Waals surface area contributed by atoms with Gasteiger partial charge in [0, 0.05) is 13.0 Å². The quantitative estimate of drug-likeness (QED) is 0.402. The topological polar surface area (TPSA) is 63.6 Å². The second kappa shape index (κ2) is 4.55. The molecule has 80 valence electrons. The first kappa shape index (κ1) is 11.2. The Hall–Kier alpha value is -0.900. The van der Waals surface area contributed by atoms with Crippen molar-refractivity contribution in [2.24, 2.45) is 5.41 Å². The van der Waals surface area contributed by atoms with Gasteiger partial charge in [-0.25, -0.2) is 0 Å². The molecule has 0 aromatic heterocycles. The van der Waals surface area contributed by atoms with E-state index in [2.05, 4.69) is 0 Å². The number of esters is 1. The van der Waals surface area contributed by atoms with E-state index in [0.717, 1.165) is 0 Å². The number of carbonyl (C=O) groups excluding carboxylic acids is 2. The van der Waals surface area contributed by atoms with E-state index in [1.807, 2.05) is 0 Å². The number of Topliss-reactive ketones (excluding diaryl/α,β-unsaturated/α-hetero) is 1. The van der Waals surface area contributed by atoms with Gasteiger partial charge in [-0.1, -0.05) is 0 Å². The van der Waals surface area contributed by atoms with Crippen molar-refractivity contribution in [3.8, 4) is 0 Å². The van der Waals surface area contributed by atoms with Crippen molar-refractivity contribution in [1.29, 1.82) is 0 Å². The van der Waals surface area contributed by atoms with Gasteiger partial charge < -0.3 is 9.84 Å². The first-order valence-electron chi connectivity index (χ1n) is 4.92. The number of hydrogen-bond donors (Lipinski definition) is 1. The smallest absolute Gasteiger partial charge is 0.319 e. The number of carbonyl (C=O) groups is 2. The number of aliphatic hydroxyl groups is 1. The van der Waals surface area contributed by atoms with Crippen LogP contribution in [-0.4, -0.2) is 30.1 Å². The van der Waals surface area contributed by atoms with Crippen molar-refractivity contribution in [3.63, 3.8) is 0 Å². The largest absolute Gasteiger partial charge is 0.465 e. The SMILES string of the molecule is CC(=O)C1(CCCCO)CCOC1=O. The van der Waals surface area contributed by atoms with Crippen LogP contribution in [0.3, 0.4) is 0 Å². The standard InChI is InChI=1S/C10H16O4/c1-8(12)10(4-2-3-6-11)5-7-14-9(10)13/h11H,2-7H2,1H3. The van der Waals surface area contributed by atoms with Gasteiger partial charge in [0.1, 0.15) is 11.2 Å². The Morgan fingerprint density at radius 2 is 2.29 bits per heavy atom. The molecular weight excluding hydrogens is 184 g/mol. The lowest BCUT2D eigenvalue weighted by Crippen LogP contribution is -2.34. The van der Waals surface area contributed by atoms with Gasteiger partial charge in [-0.15, -0.1) is 0 Å². The second-order valence-corrected chi connectivity index (χ2v) is 3.70. The third-order valence-corrected chi connectivity index (χ3v) is 2.84. The van der Waals surface area contributed by atoms with E-state index in [1.165, 1.54) is 6.92 Å². The maximum atomic E-state index is 11.4. The first-order chi connectivity index (χ1) is 6.63. The lowest BCUT2D eigenvalue weighted by Gasteiger charge is -2.20. The third-order valence-electron chi connectivity index (χ3n) is 2.84. The van der Waals surface area contributed by atoms with Gasteiger partial charge in [0.15, 0.2) is 0 Å². The molecule has 0 amide bonds. The lowest BCUT2D eigenvalue weighted by atomic mass is 9.78. The van der Waals surface area contributed by atoms with Crippen LogP contribution in [0.2, 0.25) is 0 Å². The van der Waals surface area contributed by atoms with Crippen LogP contribution in [0.4, 0.5) is 0 Å². The fourth-order valence-corrected chi connectivity index (χ4v) is 1.82. The maximum absolute atomic E-state index is 11.4. The van der Waals surface area contributed by atoms with Crippen LogP contribution < -0.4 is 0 Å². The second-order valence-electron chi connectivity index (χ2n) is 3.70. The van der Waals surface area contributed by atoms with E-state index >= 15 is 0 Å². The summed E-state index contributed by atoms with van der Waals surface area (Å²) >= 11 is 0. The highest BCUT2D eigenvalue weighted by molar-refractivity contribution is 6.03. The normalized spacial score (nSPS) is 26.3. The van der Waals surface area contributed by atoms with E-state index in [0.29, 0.717) is 32.3 Å². The van der Waals surface area contributed by atoms with Gasteiger partial charge in [0.25, 0.3) is 0 Å². The molecule has 1 unspecified atom stereocenters. The van der Waals surface area contributed by atoms with Crippen LogP contribution in [0.1, 0.15) is 32.6 Å². The van der Waals surface area contributed by atoms with Crippen molar-refractivity contribution in [1.82, 2.24) is 0 Å². The molecule has 1 atom stereocenters.